The van der Waals surface area contributed by atoms with Crippen LogP contribution in [0.2, 0.25) is 0 Å². The largest absolute Gasteiger partial charge is 0.481 e. The Morgan fingerprint density at radius 2 is 1.90 bits per heavy atom. The molecule has 0 aliphatic carbocycles. The molecule has 21 heavy (non-hydrogen) atoms. The van der Waals surface area contributed by atoms with Crippen molar-refractivity contribution in [2.75, 3.05) is 26.2 Å². The average molecular weight is 313 g/mol. The van der Waals surface area contributed by atoms with Gasteiger partial charge in [0.2, 0.25) is 0 Å². The summed E-state index contributed by atoms with van der Waals surface area (Å²) in [7, 11) is 0. The van der Waals surface area contributed by atoms with E-state index >= 15 is 0 Å². The van der Waals surface area contributed by atoms with Gasteiger partial charge in [-0.1, -0.05) is 30.3 Å². The second kappa shape index (κ2) is 7.78. The first kappa shape index (κ1) is 18.0. The van der Waals surface area contributed by atoms with Gasteiger partial charge in [0.25, 0.3) is 0 Å². The van der Waals surface area contributed by atoms with E-state index in [4.69, 9.17) is 5.11 Å². The third-order valence-corrected chi connectivity index (χ3v) is 4.01. The van der Waals surface area contributed by atoms with E-state index in [2.05, 4.69) is 47.9 Å². The molecule has 4 nitrogen and oxygen atoms in total. The average Bonchev–Trinajstić information content (AvgIpc) is 2.40. The first-order valence-electron chi connectivity index (χ1n) is 7.20. The van der Waals surface area contributed by atoms with Crippen LogP contribution < -0.4 is 0 Å². The van der Waals surface area contributed by atoms with Gasteiger partial charge >= 0.3 is 5.97 Å². The summed E-state index contributed by atoms with van der Waals surface area (Å²) in [6.07, 6.45) is 0.231. The minimum absolute atomic E-state index is 0. The molecule has 1 aromatic carbocycles. The highest BCUT2D eigenvalue weighted by Gasteiger charge is 2.33. The van der Waals surface area contributed by atoms with Crippen molar-refractivity contribution in [1.29, 1.82) is 0 Å². The zero-order valence-electron chi connectivity index (χ0n) is 12.8. The van der Waals surface area contributed by atoms with Gasteiger partial charge in [-0.2, -0.15) is 0 Å². The summed E-state index contributed by atoms with van der Waals surface area (Å²) >= 11 is 0. The van der Waals surface area contributed by atoms with Crippen LogP contribution in [0, 0.1) is 0 Å². The summed E-state index contributed by atoms with van der Waals surface area (Å²) in [6.45, 7) is 8.95. The number of carboxylic acid groups (broad SMARTS) is 1. The molecule has 1 aliphatic rings. The van der Waals surface area contributed by atoms with Crippen molar-refractivity contribution in [3.8, 4) is 0 Å². The number of hydrogen-bond donors (Lipinski definition) is 1. The minimum Gasteiger partial charge on any atom is -0.481 e. The van der Waals surface area contributed by atoms with Crippen LogP contribution in [-0.4, -0.2) is 52.6 Å². The van der Waals surface area contributed by atoms with Crippen molar-refractivity contribution < 1.29 is 9.90 Å². The highest BCUT2D eigenvalue weighted by Crippen LogP contribution is 2.23. The lowest BCUT2D eigenvalue weighted by Crippen LogP contribution is -2.58. The molecule has 0 radical (unpaired) electrons. The van der Waals surface area contributed by atoms with Crippen LogP contribution in [0.3, 0.4) is 0 Å². The van der Waals surface area contributed by atoms with Gasteiger partial charge in [0, 0.05) is 38.3 Å². The number of halogens is 1. The number of benzene rings is 1. The van der Waals surface area contributed by atoms with E-state index in [1.54, 1.807) is 0 Å². The van der Waals surface area contributed by atoms with Crippen molar-refractivity contribution in [3.63, 3.8) is 0 Å². The van der Waals surface area contributed by atoms with E-state index in [1.165, 1.54) is 5.56 Å². The maximum atomic E-state index is 10.7. The number of carbonyl (C=O) groups is 1. The Hall–Kier alpha value is -1.10. The SMILES string of the molecule is CC1(C)CN(CCC(=O)O)CCN1Cc1ccccc1.Cl. The molecule has 0 saturated carbocycles. The van der Waals surface area contributed by atoms with E-state index in [-0.39, 0.29) is 24.4 Å². The summed E-state index contributed by atoms with van der Waals surface area (Å²) in [6, 6.07) is 10.5. The normalized spacial score (nSPS) is 19.0. The molecule has 1 heterocycles. The van der Waals surface area contributed by atoms with E-state index in [9.17, 15) is 4.79 Å². The van der Waals surface area contributed by atoms with Crippen molar-refractivity contribution >= 4 is 18.4 Å². The van der Waals surface area contributed by atoms with Gasteiger partial charge < -0.3 is 5.11 Å². The van der Waals surface area contributed by atoms with Gasteiger partial charge in [-0.15, -0.1) is 12.4 Å². The topological polar surface area (TPSA) is 43.8 Å². The lowest BCUT2D eigenvalue weighted by molar-refractivity contribution is -0.137. The number of aliphatic carboxylic acids is 1. The van der Waals surface area contributed by atoms with Crippen molar-refractivity contribution in [2.24, 2.45) is 0 Å². The van der Waals surface area contributed by atoms with Gasteiger partial charge in [-0.3, -0.25) is 14.6 Å². The van der Waals surface area contributed by atoms with Gasteiger partial charge in [0.1, 0.15) is 0 Å². The Labute approximate surface area is 133 Å². The second-order valence-electron chi connectivity index (χ2n) is 6.14. The Morgan fingerprint density at radius 3 is 2.48 bits per heavy atom. The smallest absolute Gasteiger partial charge is 0.304 e. The Morgan fingerprint density at radius 1 is 1.24 bits per heavy atom. The van der Waals surface area contributed by atoms with Crippen LogP contribution in [-0.2, 0) is 11.3 Å². The quantitative estimate of drug-likeness (QED) is 0.907. The first-order valence-corrected chi connectivity index (χ1v) is 7.20. The molecule has 118 valence electrons. The fourth-order valence-corrected chi connectivity index (χ4v) is 2.83. The number of piperazine rings is 1. The molecule has 0 bridgehead atoms. The summed E-state index contributed by atoms with van der Waals surface area (Å²) in [5.41, 5.74) is 1.41. The van der Waals surface area contributed by atoms with Gasteiger partial charge in [0.05, 0.1) is 6.42 Å². The summed E-state index contributed by atoms with van der Waals surface area (Å²) in [4.78, 5) is 15.4. The third-order valence-electron chi connectivity index (χ3n) is 4.01. The number of nitrogens with zero attached hydrogens (tertiary/aromatic N) is 2. The molecule has 0 amide bonds. The lowest BCUT2D eigenvalue weighted by atomic mass is 9.97. The summed E-state index contributed by atoms with van der Waals surface area (Å²) in [5, 5.41) is 8.78. The number of hydrogen-bond acceptors (Lipinski definition) is 3. The molecule has 1 saturated heterocycles. The van der Waals surface area contributed by atoms with E-state index in [1.807, 2.05) is 6.07 Å². The zero-order valence-corrected chi connectivity index (χ0v) is 13.6. The van der Waals surface area contributed by atoms with Gasteiger partial charge in [-0.25, -0.2) is 0 Å². The summed E-state index contributed by atoms with van der Waals surface area (Å²) in [5.74, 6) is -0.713. The molecule has 1 N–H and O–H groups in total. The molecular weight excluding hydrogens is 288 g/mol. The Bertz CT molecular complexity index is 451. The van der Waals surface area contributed by atoms with E-state index in [0.717, 1.165) is 26.2 Å². The van der Waals surface area contributed by atoms with Gasteiger partial charge in [0.15, 0.2) is 0 Å². The van der Waals surface area contributed by atoms with E-state index in [0.29, 0.717) is 6.54 Å². The van der Waals surface area contributed by atoms with Crippen LogP contribution in [0.4, 0.5) is 0 Å². The van der Waals surface area contributed by atoms with Crippen molar-refractivity contribution in [3.05, 3.63) is 35.9 Å². The molecule has 0 unspecified atom stereocenters. The number of rotatable bonds is 5. The zero-order chi connectivity index (χ0) is 14.6. The van der Waals surface area contributed by atoms with Crippen molar-refractivity contribution in [2.45, 2.75) is 32.4 Å². The molecule has 1 aromatic rings. The van der Waals surface area contributed by atoms with Crippen LogP contribution in [0.5, 0.6) is 0 Å². The molecule has 0 spiro atoms. The fraction of sp³-hybridized carbons (Fsp3) is 0.562. The van der Waals surface area contributed by atoms with Crippen LogP contribution in [0.15, 0.2) is 30.3 Å². The maximum Gasteiger partial charge on any atom is 0.304 e. The molecule has 5 heteroatoms. The number of carboxylic acids is 1. The molecule has 1 aliphatic heterocycles. The van der Waals surface area contributed by atoms with Crippen LogP contribution in [0.1, 0.15) is 25.8 Å². The van der Waals surface area contributed by atoms with E-state index < -0.39 is 5.97 Å². The van der Waals surface area contributed by atoms with Gasteiger partial charge in [-0.05, 0) is 19.4 Å². The fourth-order valence-electron chi connectivity index (χ4n) is 2.83. The molecule has 0 aromatic heterocycles. The molecule has 2 rings (SSSR count). The third kappa shape index (κ3) is 5.30. The Kier molecular flexibility index (Phi) is 6.65. The van der Waals surface area contributed by atoms with Crippen LogP contribution in [0.25, 0.3) is 0 Å². The lowest BCUT2D eigenvalue weighted by Gasteiger charge is -2.47. The summed E-state index contributed by atoms with van der Waals surface area (Å²) < 4.78 is 0. The second-order valence-corrected chi connectivity index (χ2v) is 6.14. The molecule has 0 atom stereocenters. The minimum atomic E-state index is -0.713. The highest BCUT2D eigenvalue weighted by molar-refractivity contribution is 5.85. The monoisotopic (exact) mass is 312 g/mol. The standard InChI is InChI=1S/C16H24N2O2.ClH/c1-16(2)13-17(9-8-15(19)20)10-11-18(16)12-14-6-4-3-5-7-14;/h3-7H,8-13H2,1-2H3,(H,19,20);1H. The maximum absolute atomic E-state index is 10.7. The predicted octanol–water partition coefficient (Wildman–Crippen LogP) is 2.48. The van der Waals surface area contributed by atoms with Crippen LogP contribution >= 0.6 is 12.4 Å². The molecular formula is C16H25ClN2O2. The molecule has 1 fully saturated rings. The predicted molar refractivity (Wildman–Crippen MR) is 86.9 cm³/mol. The first-order chi connectivity index (χ1) is 9.47. The van der Waals surface area contributed by atoms with Crippen molar-refractivity contribution in [1.82, 2.24) is 9.80 Å². The highest BCUT2D eigenvalue weighted by atomic mass is 35.5. The Balaban J connectivity index is 0.00000220.